The highest BCUT2D eigenvalue weighted by Crippen LogP contribution is 2.39. The molecule has 3 heterocycles. The van der Waals surface area contributed by atoms with Gasteiger partial charge in [-0.3, -0.25) is 15.5 Å². The second-order valence-electron chi connectivity index (χ2n) is 6.95. The van der Waals surface area contributed by atoms with E-state index in [9.17, 15) is 23.2 Å². The fourth-order valence-electron chi connectivity index (χ4n) is 3.55. The van der Waals surface area contributed by atoms with E-state index in [-0.39, 0.29) is 21.9 Å². The molecule has 2 fully saturated rings. The van der Waals surface area contributed by atoms with Gasteiger partial charge >= 0.3 is 6.18 Å². The predicted molar refractivity (Wildman–Crippen MR) is 97.0 cm³/mol. The Balaban J connectivity index is 1.67. The van der Waals surface area contributed by atoms with Crippen molar-refractivity contribution in [2.24, 2.45) is 0 Å². The van der Waals surface area contributed by atoms with Gasteiger partial charge in [-0.1, -0.05) is 11.3 Å². The molecule has 7 nitrogen and oxygen atoms in total. The Hall–Kier alpha value is -1.95. The third-order valence-electron chi connectivity index (χ3n) is 4.95. The largest absolute Gasteiger partial charge is 0.416 e. The Kier molecular flexibility index (Phi) is 4.73. The summed E-state index contributed by atoms with van der Waals surface area (Å²) in [7, 11) is 0. The van der Waals surface area contributed by atoms with Crippen LogP contribution in [0.1, 0.15) is 25.3 Å². The highest BCUT2D eigenvalue weighted by molar-refractivity contribution is 7.22. The number of hydrogen-bond acceptors (Lipinski definition) is 8. The predicted octanol–water partition coefficient (Wildman–Crippen LogP) is 3.21. The molecule has 11 heteroatoms. The Morgan fingerprint density at radius 2 is 2.07 bits per heavy atom. The Labute approximate surface area is 161 Å². The van der Waals surface area contributed by atoms with Crippen LogP contribution in [0.5, 0.6) is 0 Å². The molecular formula is C17H18F3N3O4S. The number of alkyl halides is 3. The van der Waals surface area contributed by atoms with Gasteiger partial charge in [0, 0.05) is 25.9 Å². The van der Waals surface area contributed by atoms with Crippen LogP contribution in [-0.2, 0) is 15.7 Å². The third-order valence-corrected chi connectivity index (χ3v) is 6.13. The van der Waals surface area contributed by atoms with E-state index in [1.165, 1.54) is 0 Å². The number of piperidine rings is 1. The maximum Gasteiger partial charge on any atom is 0.416 e. The molecule has 1 aromatic carbocycles. The molecule has 2 aromatic rings. The summed E-state index contributed by atoms with van der Waals surface area (Å²) >= 11 is 1.05. The molecule has 0 unspecified atom stereocenters. The minimum Gasteiger partial charge on any atom is -0.348 e. The molecule has 0 radical (unpaired) electrons. The lowest BCUT2D eigenvalue weighted by atomic mass is 10.0. The average molecular weight is 417 g/mol. The van der Waals surface area contributed by atoms with Crippen molar-refractivity contribution in [2.75, 3.05) is 30.1 Å². The molecule has 0 saturated carbocycles. The molecule has 1 atom stereocenters. The first-order valence-corrected chi connectivity index (χ1v) is 9.55. The fraction of sp³-hybridized carbons (Fsp3) is 0.529. The van der Waals surface area contributed by atoms with Gasteiger partial charge in [0.05, 0.1) is 34.0 Å². The van der Waals surface area contributed by atoms with Crippen molar-refractivity contribution in [3.8, 4) is 0 Å². The molecule has 2 N–H and O–H groups in total. The van der Waals surface area contributed by atoms with Gasteiger partial charge in [0.1, 0.15) is 0 Å². The number of anilines is 2. The van der Waals surface area contributed by atoms with E-state index in [2.05, 4.69) is 4.98 Å². The van der Waals surface area contributed by atoms with Crippen LogP contribution >= 0.6 is 11.3 Å². The summed E-state index contributed by atoms with van der Waals surface area (Å²) in [4.78, 5) is 18.3. The molecule has 2 saturated heterocycles. The fourth-order valence-corrected chi connectivity index (χ4v) is 4.64. The van der Waals surface area contributed by atoms with Crippen LogP contribution in [0.2, 0.25) is 0 Å². The first-order valence-electron chi connectivity index (χ1n) is 8.74. The lowest BCUT2D eigenvalue weighted by molar-refractivity contribution is -0.178. The van der Waals surface area contributed by atoms with Gasteiger partial charge in [0.2, 0.25) is 0 Å². The van der Waals surface area contributed by atoms with Crippen LogP contribution in [0, 0.1) is 0 Å². The molecule has 2 aliphatic rings. The van der Waals surface area contributed by atoms with Crippen molar-refractivity contribution >= 4 is 32.2 Å². The van der Waals surface area contributed by atoms with E-state index in [0.717, 1.165) is 23.5 Å². The number of rotatable bonds is 2. The van der Waals surface area contributed by atoms with Crippen molar-refractivity contribution in [2.45, 2.75) is 37.8 Å². The van der Waals surface area contributed by atoms with E-state index >= 15 is 0 Å². The van der Waals surface area contributed by atoms with E-state index in [4.69, 9.17) is 9.47 Å². The topological polar surface area (TPSA) is 83.9 Å². The summed E-state index contributed by atoms with van der Waals surface area (Å²) in [5.74, 6) is -0.614. The Bertz CT molecular complexity index is 957. The number of fused-ring (bicyclic) bond motifs is 1. The lowest BCUT2D eigenvalue weighted by Gasteiger charge is -2.38. The maximum atomic E-state index is 13.0. The van der Waals surface area contributed by atoms with E-state index in [1.54, 1.807) is 5.48 Å². The van der Waals surface area contributed by atoms with Crippen LogP contribution in [0.4, 0.5) is 24.0 Å². The van der Waals surface area contributed by atoms with Gasteiger partial charge in [-0.2, -0.15) is 18.2 Å². The van der Waals surface area contributed by atoms with Crippen LogP contribution in [-0.4, -0.2) is 41.8 Å². The molecule has 1 spiro atoms. The summed E-state index contributed by atoms with van der Waals surface area (Å²) in [6.07, 6.45) is -3.43. The van der Waals surface area contributed by atoms with Crippen molar-refractivity contribution < 1.29 is 27.9 Å². The summed E-state index contributed by atoms with van der Waals surface area (Å²) in [6, 6.07) is 1.54. The molecule has 1 aromatic heterocycles. The number of aromatic nitrogens is 1. The van der Waals surface area contributed by atoms with Gasteiger partial charge in [-0.05, 0) is 19.1 Å². The number of halogens is 3. The quantitative estimate of drug-likeness (QED) is 0.726. The number of benzene rings is 1. The molecule has 0 amide bonds. The minimum atomic E-state index is -4.64. The highest BCUT2D eigenvalue weighted by atomic mass is 32.1. The van der Waals surface area contributed by atoms with Crippen LogP contribution in [0.15, 0.2) is 16.9 Å². The van der Waals surface area contributed by atoms with Crippen molar-refractivity contribution in [1.82, 2.24) is 4.98 Å². The van der Waals surface area contributed by atoms with Crippen LogP contribution < -0.4 is 15.9 Å². The van der Waals surface area contributed by atoms with Crippen molar-refractivity contribution in [1.29, 1.82) is 0 Å². The third kappa shape index (κ3) is 3.43. The van der Waals surface area contributed by atoms with E-state index in [1.807, 2.05) is 11.8 Å². The van der Waals surface area contributed by atoms with Crippen LogP contribution in [0.25, 0.3) is 10.1 Å². The summed E-state index contributed by atoms with van der Waals surface area (Å²) in [6.45, 7) is 3.54. The highest BCUT2D eigenvalue weighted by Gasteiger charge is 2.43. The van der Waals surface area contributed by atoms with Crippen LogP contribution in [0.3, 0.4) is 0 Å². The monoisotopic (exact) mass is 417 g/mol. The molecule has 28 heavy (non-hydrogen) atoms. The van der Waals surface area contributed by atoms with E-state index in [0.29, 0.717) is 37.7 Å². The molecular weight excluding hydrogens is 399 g/mol. The Morgan fingerprint density at radius 1 is 1.36 bits per heavy atom. The first kappa shape index (κ1) is 19.4. The molecule has 0 bridgehead atoms. The zero-order valence-corrected chi connectivity index (χ0v) is 15.7. The average Bonchev–Trinajstić information content (AvgIpc) is 3.01. The number of nitrogens with zero attached hydrogens (tertiary/aromatic N) is 2. The zero-order valence-electron chi connectivity index (χ0n) is 14.9. The second-order valence-corrected chi connectivity index (χ2v) is 7.93. The van der Waals surface area contributed by atoms with Crippen molar-refractivity contribution in [3.05, 3.63) is 28.0 Å². The molecule has 152 valence electrons. The summed E-state index contributed by atoms with van der Waals surface area (Å²) in [5, 5.41) is 9.50. The SMILES string of the molecule is C[C@H]1COC2(CCN(c3nc(=O)c4cc(C(F)(F)F)cc(NO)c4s3)CC2)O1. The van der Waals surface area contributed by atoms with Gasteiger partial charge < -0.3 is 14.4 Å². The minimum absolute atomic E-state index is 0.0300. The number of nitrogens with one attached hydrogen (secondary N) is 1. The summed E-state index contributed by atoms with van der Waals surface area (Å²) in [5.41, 5.74) is -0.208. The van der Waals surface area contributed by atoms with Gasteiger partial charge in [0.15, 0.2) is 10.9 Å². The normalized spacial score (nSPS) is 22.2. The number of ether oxygens (including phenoxy) is 2. The first-order chi connectivity index (χ1) is 13.2. The number of hydrogen-bond donors (Lipinski definition) is 2. The molecule has 0 aliphatic carbocycles. The van der Waals surface area contributed by atoms with Gasteiger partial charge in [-0.15, -0.1) is 0 Å². The van der Waals surface area contributed by atoms with E-state index < -0.39 is 23.1 Å². The standard InChI is InChI=1S/C17H18F3N3O4S/c1-9-8-26-16(27-9)2-4-23(5-3-16)15-21-14(24)11-6-10(17(18,19)20)7-12(22-25)13(11)28-15/h6-7,9,22,25H,2-5,8H2,1H3/t9-/m0/s1. The smallest absolute Gasteiger partial charge is 0.348 e. The van der Waals surface area contributed by atoms with Crippen molar-refractivity contribution in [3.63, 3.8) is 0 Å². The maximum absolute atomic E-state index is 13.0. The zero-order chi connectivity index (χ0) is 20.1. The Morgan fingerprint density at radius 3 is 2.64 bits per heavy atom. The van der Waals surface area contributed by atoms with Gasteiger partial charge in [0.25, 0.3) is 5.56 Å². The summed E-state index contributed by atoms with van der Waals surface area (Å²) < 4.78 is 51.0. The van der Waals surface area contributed by atoms with Gasteiger partial charge in [-0.25, -0.2) is 0 Å². The molecule has 2 aliphatic heterocycles. The lowest BCUT2D eigenvalue weighted by Crippen LogP contribution is -2.45. The molecule has 4 rings (SSSR count). The second kappa shape index (κ2) is 6.83.